The van der Waals surface area contributed by atoms with E-state index in [9.17, 15) is 15.1 Å². The van der Waals surface area contributed by atoms with Gasteiger partial charge in [0.25, 0.3) is 0 Å². The highest BCUT2D eigenvalue weighted by Crippen LogP contribution is 2.52. The van der Waals surface area contributed by atoms with Crippen LogP contribution in [0.15, 0.2) is 47.6 Å². The molecule has 0 bridgehead atoms. The Bertz CT molecular complexity index is 904. The van der Waals surface area contributed by atoms with Gasteiger partial charge < -0.3 is 14.4 Å². The zero-order valence-electron chi connectivity index (χ0n) is 19.2. The van der Waals surface area contributed by atoms with Crippen LogP contribution in [0, 0.1) is 17.8 Å². The Morgan fingerprint density at radius 3 is 2.62 bits per heavy atom. The molecule has 32 heavy (non-hydrogen) atoms. The van der Waals surface area contributed by atoms with Crippen molar-refractivity contribution in [2.45, 2.75) is 58.3 Å². The van der Waals surface area contributed by atoms with Gasteiger partial charge in [0.2, 0.25) is 0 Å². The summed E-state index contributed by atoms with van der Waals surface area (Å²) in [6.45, 7) is 8.50. The average molecular weight is 441 g/mol. The van der Waals surface area contributed by atoms with Crippen LogP contribution in [0.25, 0.3) is 10.4 Å². The molecule has 1 amide bonds. The van der Waals surface area contributed by atoms with Crippen molar-refractivity contribution in [1.82, 2.24) is 4.90 Å². The molecule has 1 aromatic rings. The van der Waals surface area contributed by atoms with Crippen LogP contribution in [0.5, 0.6) is 0 Å². The van der Waals surface area contributed by atoms with E-state index in [4.69, 9.17) is 9.47 Å². The number of fused-ring (bicyclic) bond motifs is 1. The van der Waals surface area contributed by atoms with Crippen molar-refractivity contribution in [2.24, 2.45) is 22.9 Å². The predicted molar refractivity (Wildman–Crippen MR) is 120 cm³/mol. The predicted octanol–water partition coefficient (Wildman–Crippen LogP) is 5.25. The third kappa shape index (κ3) is 5.07. The number of ether oxygens (including phenoxy) is 2. The van der Waals surface area contributed by atoms with Crippen LogP contribution >= 0.6 is 0 Å². The first kappa shape index (κ1) is 23.7. The molecule has 1 saturated carbocycles. The third-order valence-corrected chi connectivity index (χ3v) is 6.26. The van der Waals surface area contributed by atoms with Crippen LogP contribution in [0.1, 0.15) is 46.1 Å². The lowest BCUT2D eigenvalue weighted by molar-refractivity contribution is -0.153. The van der Waals surface area contributed by atoms with E-state index in [0.717, 1.165) is 5.56 Å². The summed E-state index contributed by atoms with van der Waals surface area (Å²) in [7, 11) is 0. The quantitative estimate of drug-likeness (QED) is 0.198. The first-order chi connectivity index (χ1) is 15.2. The Balaban J connectivity index is 1.81. The number of nitrogens with zero attached hydrogens (tertiary/aromatic N) is 4. The van der Waals surface area contributed by atoms with Crippen LogP contribution in [0.4, 0.5) is 4.79 Å². The molecule has 172 valence electrons. The normalized spacial score (nSPS) is 27.1. The molecule has 2 aliphatic rings. The Morgan fingerprint density at radius 2 is 2.00 bits per heavy atom. The maximum atomic E-state index is 13.3. The summed E-state index contributed by atoms with van der Waals surface area (Å²) in [4.78, 5) is 30.7. The van der Waals surface area contributed by atoms with Crippen LogP contribution in [0.3, 0.4) is 0 Å². The number of allylic oxidation sites excluding steroid dienone is 2. The molecular formula is C24H32N4O4. The minimum Gasteiger partial charge on any atom is -0.460 e. The molecule has 1 aliphatic heterocycles. The lowest BCUT2D eigenvalue weighted by atomic mass is 9.80. The van der Waals surface area contributed by atoms with Gasteiger partial charge >= 0.3 is 12.1 Å². The summed E-state index contributed by atoms with van der Waals surface area (Å²) < 4.78 is 11.2. The Hall–Kier alpha value is -2.99. The molecule has 4 atom stereocenters. The van der Waals surface area contributed by atoms with Crippen LogP contribution in [-0.4, -0.2) is 41.2 Å². The van der Waals surface area contributed by atoms with Crippen molar-refractivity contribution in [3.63, 3.8) is 0 Å². The number of esters is 1. The highest BCUT2D eigenvalue weighted by atomic mass is 16.6. The highest BCUT2D eigenvalue weighted by Gasteiger charge is 2.61. The Kier molecular flexibility index (Phi) is 7.14. The van der Waals surface area contributed by atoms with Crippen molar-refractivity contribution < 1.29 is 19.1 Å². The number of benzene rings is 1. The molecule has 8 nitrogen and oxygen atoms in total. The van der Waals surface area contributed by atoms with Gasteiger partial charge in [0, 0.05) is 18.0 Å². The third-order valence-electron chi connectivity index (χ3n) is 6.26. The van der Waals surface area contributed by atoms with Gasteiger partial charge in [-0.2, -0.15) is 0 Å². The van der Waals surface area contributed by atoms with Crippen molar-refractivity contribution in [3.8, 4) is 0 Å². The standard InChI is InChI=1S/C24H32N4O4/c1-5-6-12-20-19-15-28(22(30)32-23(2,3)4)14-18(19)13-24(20,26-27-25)21(29)31-16-17-10-8-7-9-11-17/h5-11,18-20H,12-16H2,1-4H3/b6-5+/t18-,19+,20-,24?/m0/s1. The molecule has 1 saturated heterocycles. The van der Waals surface area contributed by atoms with Gasteiger partial charge in [-0.05, 0) is 69.4 Å². The largest absolute Gasteiger partial charge is 0.460 e. The number of amides is 1. The number of carbonyl (C=O) groups is 2. The first-order valence-electron chi connectivity index (χ1n) is 11.1. The fraction of sp³-hybridized carbons (Fsp3) is 0.583. The van der Waals surface area contributed by atoms with Gasteiger partial charge in [-0.3, -0.25) is 4.79 Å². The van der Waals surface area contributed by atoms with E-state index in [-0.39, 0.29) is 30.5 Å². The van der Waals surface area contributed by atoms with Gasteiger partial charge in [0.15, 0.2) is 0 Å². The fourth-order valence-electron chi connectivity index (χ4n) is 4.92. The zero-order valence-corrected chi connectivity index (χ0v) is 19.2. The number of rotatable bonds is 6. The summed E-state index contributed by atoms with van der Waals surface area (Å²) in [5, 5.41) is 4.05. The van der Waals surface area contributed by atoms with E-state index in [0.29, 0.717) is 25.9 Å². The van der Waals surface area contributed by atoms with E-state index in [1.807, 2.05) is 70.2 Å². The molecule has 0 spiro atoms. The minimum absolute atomic E-state index is 0.0218. The first-order valence-corrected chi connectivity index (χ1v) is 11.1. The van der Waals surface area contributed by atoms with Gasteiger partial charge in [0.1, 0.15) is 17.7 Å². The zero-order chi connectivity index (χ0) is 23.4. The maximum Gasteiger partial charge on any atom is 0.410 e. The fourth-order valence-corrected chi connectivity index (χ4v) is 4.92. The summed E-state index contributed by atoms with van der Waals surface area (Å²) in [5.74, 6) is -0.691. The molecule has 0 aromatic heterocycles. The van der Waals surface area contributed by atoms with E-state index >= 15 is 0 Å². The molecule has 0 N–H and O–H groups in total. The molecular weight excluding hydrogens is 408 g/mol. The number of hydrogen-bond donors (Lipinski definition) is 0. The highest BCUT2D eigenvalue weighted by molar-refractivity contribution is 5.82. The molecule has 8 heteroatoms. The van der Waals surface area contributed by atoms with E-state index in [1.165, 1.54) is 0 Å². The van der Waals surface area contributed by atoms with E-state index in [1.54, 1.807) is 4.90 Å². The number of carbonyl (C=O) groups excluding carboxylic acids is 2. The smallest absolute Gasteiger partial charge is 0.410 e. The van der Waals surface area contributed by atoms with Gasteiger partial charge in [-0.15, -0.1) is 0 Å². The summed E-state index contributed by atoms with van der Waals surface area (Å²) in [5.41, 5.74) is 8.37. The van der Waals surface area contributed by atoms with Crippen molar-refractivity contribution in [1.29, 1.82) is 0 Å². The van der Waals surface area contributed by atoms with Gasteiger partial charge in [-0.25, -0.2) is 4.79 Å². The topological polar surface area (TPSA) is 105 Å². The monoisotopic (exact) mass is 440 g/mol. The average Bonchev–Trinajstić information content (AvgIpc) is 3.27. The number of hydrogen-bond acceptors (Lipinski definition) is 5. The summed E-state index contributed by atoms with van der Waals surface area (Å²) in [6, 6.07) is 9.42. The second-order valence-electron chi connectivity index (χ2n) is 9.60. The second kappa shape index (κ2) is 9.65. The molecule has 1 unspecified atom stereocenters. The van der Waals surface area contributed by atoms with Crippen LogP contribution in [-0.2, 0) is 20.9 Å². The number of azide groups is 1. The molecule has 1 aliphatic carbocycles. The Labute approximate surface area is 189 Å². The van der Waals surface area contributed by atoms with Gasteiger partial charge in [0.05, 0.1) is 0 Å². The molecule has 0 radical (unpaired) electrons. The maximum absolute atomic E-state index is 13.3. The summed E-state index contributed by atoms with van der Waals surface area (Å²) in [6.07, 6.45) is 4.48. The number of likely N-dealkylation sites (tertiary alicyclic amines) is 1. The Morgan fingerprint density at radius 1 is 1.28 bits per heavy atom. The van der Waals surface area contributed by atoms with Crippen LogP contribution < -0.4 is 0 Å². The lowest BCUT2D eigenvalue weighted by Gasteiger charge is -2.32. The SMILES string of the molecule is C/C=C/C[C@H]1[C@@H]2CN(C(=O)OC(C)(C)C)C[C@@H]2CC1(N=[N+]=[N-])C(=O)OCc1ccccc1. The minimum atomic E-state index is -1.28. The molecule has 2 fully saturated rings. The van der Waals surface area contributed by atoms with Crippen molar-refractivity contribution in [2.75, 3.05) is 13.1 Å². The van der Waals surface area contributed by atoms with Crippen molar-refractivity contribution in [3.05, 3.63) is 58.5 Å². The lowest BCUT2D eigenvalue weighted by Crippen LogP contribution is -2.45. The van der Waals surface area contributed by atoms with Crippen LogP contribution in [0.2, 0.25) is 0 Å². The van der Waals surface area contributed by atoms with Gasteiger partial charge in [-0.1, -0.05) is 47.6 Å². The summed E-state index contributed by atoms with van der Waals surface area (Å²) >= 11 is 0. The molecule has 1 aromatic carbocycles. The van der Waals surface area contributed by atoms with E-state index in [2.05, 4.69) is 10.0 Å². The van der Waals surface area contributed by atoms with Crippen molar-refractivity contribution >= 4 is 12.1 Å². The second-order valence-corrected chi connectivity index (χ2v) is 9.60. The molecule has 3 rings (SSSR count). The molecule has 1 heterocycles. The van der Waals surface area contributed by atoms with E-state index < -0.39 is 17.1 Å².